The van der Waals surface area contributed by atoms with Crippen LogP contribution in [0.3, 0.4) is 0 Å². The highest BCUT2D eigenvalue weighted by Crippen LogP contribution is 2.19. The zero-order valence-electron chi connectivity index (χ0n) is 16.0. The molecule has 3 rings (SSSR count). The van der Waals surface area contributed by atoms with E-state index in [0.29, 0.717) is 12.2 Å². The maximum atomic E-state index is 12.2. The zero-order valence-corrected chi connectivity index (χ0v) is 16.0. The number of benzene rings is 1. The third-order valence-electron chi connectivity index (χ3n) is 4.41. The van der Waals surface area contributed by atoms with Crippen LogP contribution in [0.15, 0.2) is 30.6 Å². The van der Waals surface area contributed by atoms with Gasteiger partial charge in [-0.15, -0.1) is 0 Å². The first-order valence-electron chi connectivity index (χ1n) is 8.94. The molecule has 0 bridgehead atoms. The standard InChI is InChI=1S/C19H20F3N5O2/c1-12-16(13(2)27-18(26-12)24-11-25-27)7-8-17(28)23-9-14-3-5-15(6-4-14)29-10-19(20,21)22/h3-6,11H,7-10H2,1-2H3,(H,23,28). The second-order valence-electron chi connectivity index (χ2n) is 6.56. The van der Waals surface area contributed by atoms with Crippen molar-refractivity contribution in [3.05, 3.63) is 53.1 Å². The second kappa shape index (κ2) is 8.46. The zero-order chi connectivity index (χ0) is 21.0. The highest BCUT2D eigenvalue weighted by atomic mass is 19.4. The number of nitrogens with zero attached hydrogens (tertiary/aromatic N) is 4. The Morgan fingerprint density at radius 2 is 1.93 bits per heavy atom. The van der Waals surface area contributed by atoms with Gasteiger partial charge in [0.05, 0.1) is 0 Å². The molecule has 154 valence electrons. The molecule has 0 atom stereocenters. The lowest BCUT2D eigenvalue weighted by molar-refractivity contribution is -0.153. The molecule has 7 nitrogen and oxygen atoms in total. The van der Waals surface area contributed by atoms with Crippen LogP contribution in [0.1, 0.15) is 28.9 Å². The minimum Gasteiger partial charge on any atom is -0.484 e. The number of alkyl halides is 3. The number of aromatic nitrogens is 4. The van der Waals surface area contributed by atoms with E-state index in [1.807, 2.05) is 13.8 Å². The van der Waals surface area contributed by atoms with E-state index in [-0.39, 0.29) is 24.6 Å². The third-order valence-corrected chi connectivity index (χ3v) is 4.41. The number of fused-ring (bicyclic) bond motifs is 1. The average Bonchev–Trinajstić information content (AvgIpc) is 3.13. The number of carbonyl (C=O) groups excluding carboxylic acids is 1. The fourth-order valence-electron chi connectivity index (χ4n) is 2.91. The van der Waals surface area contributed by atoms with Crippen LogP contribution in [0.2, 0.25) is 0 Å². The molecule has 0 aliphatic carbocycles. The van der Waals surface area contributed by atoms with E-state index >= 15 is 0 Å². The summed E-state index contributed by atoms with van der Waals surface area (Å²) in [5.41, 5.74) is 3.41. The Labute approximate surface area is 164 Å². The first kappa shape index (κ1) is 20.6. The van der Waals surface area contributed by atoms with Gasteiger partial charge in [-0.3, -0.25) is 4.79 Å². The molecule has 0 aliphatic rings. The van der Waals surface area contributed by atoms with E-state index in [0.717, 1.165) is 22.5 Å². The van der Waals surface area contributed by atoms with Gasteiger partial charge in [-0.05, 0) is 43.5 Å². The third kappa shape index (κ3) is 5.43. The van der Waals surface area contributed by atoms with Gasteiger partial charge in [0.25, 0.3) is 5.78 Å². The fourth-order valence-corrected chi connectivity index (χ4v) is 2.91. The molecular formula is C19H20F3N5O2. The minimum absolute atomic E-state index is 0.124. The Morgan fingerprint density at radius 1 is 1.21 bits per heavy atom. The van der Waals surface area contributed by atoms with Crippen LogP contribution in [-0.2, 0) is 17.8 Å². The van der Waals surface area contributed by atoms with E-state index in [4.69, 9.17) is 0 Å². The summed E-state index contributed by atoms with van der Waals surface area (Å²) in [6.07, 6.45) is -2.16. The second-order valence-corrected chi connectivity index (χ2v) is 6.56. The van der Waals surface area contributed by atoms with Crippen molar-refractivity contribution in [1.29, 1.82) is 0 Å². The smallest absolute Gasteiger partial charge is 0.422 e. The Bertz CT molecular complexity index is 999. The predicted octanol–water partition coefficient (Wildman–Crippen LogP) is 2.93. The largest absolute Gasteiger partial charge is 0.484 e. The van der Waals surface area contributed by atoms with E-state index < -0.39 is 12.8 Å². The van der Waals surface area contributed by atoms with Crippen molar-refractivity contribution in [2.24, 2.45) is 0 Å². The van der Waals surface area contributed by atoms with Gasteiger partial charge in [-0.2, -0.15) is 23.3 Å². The van der Waals surface area contributed by atoms with E-state index in [1.54, 1.807) is 16.6 Å². The Kier molecular flexibility index (Phi) is 6.00. The van der Waals surface area contributed by atoms with E-state index in [1.165, 1.54) is 18.5 Å². The molecule has 3 aromatic rings. The number of carbonyl (C=O) groups is 1. The van der Waals surface area contributed by atoms with Gasteiger partial charge in [0, 0.05) is 24.4 Å². The summed E-state index contributed by atoms with van der Waals surface area (Å²) < 4.78 is 42.8. The molecule has 0 saturated carbocycles. The lowest BCUT2D eigenvalue weighted by Gasteiger charge is -2.11. The van der Waals surface area contributed by atoms with Gasteiger partial charge < -0.3 is 10.1 Å². The summed E-state index contributed by atoms with van der Waals surface area (Å²) in [4.78, 5) is 20.6. The molecule has 29 heavy (non-hydrogen) atoms. The van der Waals surface area contributed by atoms with Gasteiger partial charge in [-0.25, -0.2) is 9.50 Å². The van der Waals surface area contributed by atoms with E-state index in [9.17, 15) is 18.0 Å². The number of hydrogen-bond donors (Lipinski definition) is 1. The van der Waals surface area contributed by atoms with Gasteiger partial charge in [0.1, 0.15) is 12.1 Å². The number of nitrogens with one attached hydrogen (secondary N) is 1. The van der Waals surface area contributed by atoms with Crippen molar-refractivity contribution in [2.45, 2.75) is 39.4 Å². The van der Waals surface area contributed by atoms with Crippen molar-refractivity contribution in [2.75, 3.05) is 6.61 Å². The molecule has 2 heterocycles. The van der Waals surface area contributed by atoms with E-state index in [2.05, 4.69) is 25.1 Å². The molecule has 0 aliphatic heterocycles. The van der Waals surface area contributed by atoms with Crippen LogP contribution < -0.4 is 10.1 Å². The molecule has 0 spiro atoms. The monoisotopic (exact) mass is 407 g/mol. The number of ether oxygens (including phenoxy) is 1. The van der Waals surface area contributed by atoms with Crippen LogP contribution in [0.25, 0.3) is 5.78 Å². The Hall–Kier alpha value is -3.17. The summed E-state index contributed by atoms with van der Waals surface area (Å²) in [5, 5.41) is 6.93. The SMILES string of the molecule is Cc1nc2ncnn2c(C)c1CCC(=O)NCc1ccc(OCC(F)(F)F)cc1. The van der Waals surface area contributed by atoms with Crippen LogP contribution in [0, 0.1) is 13.8 Å². The quantitative estimate of drug-likeness (QED) is 0.651. The van der Waals surface area contributed by atoms with Crippen LogP contribution in [0.4, 0.5) is 13.2 Å². The highest BCUT2D eigenvalue weighted by molar-refractivity contribution is 5.76. The Morgan fingerprint density at radius 3 is 2.62 bits per heavy atom. The van der Waals surface area contributed by atoms with Crippen molar-refractivity contribution in [1.82, 2.24) is 24.9 Å². The summed E-state index contributed by atoms with van der Waals surface area (Å²) >= 11 is 0. The minimum atomic E-state index is -4.38. The fraction of sp³-hybridized carbons (Fsp3) is 0.368. The topological polar surface area (TPSA) is 81.4 Å². The number of hydrogen-bond acceptors (Lipinski definition) is 5. The summed E-state index contributed by atoms with van der Waals surface area (Å²) in [6.45, 7) is 2.72. The number of amides is 1. The predicted molar refractivity (Wildman–Crippen MR) is 98.4 cm³/mol. The van der Waals surface area contributed by atoms with Crippen molar-refractivity contribution in [3.8, 4) is 5.75 Å². The molecule has 1 amide bonds. The molecule has 0 fully saturated rings. The summed E-state index contributed by atoms with van der Waals surface area (Å²) in [6, 6.07) is 6.11. The van der Waals surface area contributed by atoms with Crippen molar-refractivity contribution in [3.63, 3.8) is 0 Å². The number of halogens is 3. The molecule has 2 aromatic heterocycles. The maximum absolute atomic E-state index is 12.2. The van der Waals surface area contributed by atoms with Gasteiger partial charge in [0.15, 0.2) is 6.61 Å². The number of rotatable bonds is 7. The number of aryl methyl sites for hydroxylation is 2. The molecule has 0 radical (unpaired) electrons. The molecule has 0 unspecified atom stereocenters. The molecule has 1 N–H and O–H groups in total. The van der Waals surface area contributed by atoms with Gasteiger partial charge in [-0.1, -0.05) is 12.1 Å². The highest BCUT2D eigenvalue weighted by Gasteiger charge is 2.28. The first-order valence-corrected chi connectivity index (χ1v) is 8.94. The maximum Gasteiger partial charge on any atom is 0.422 e. The lowest BCUT2D eigenvalue weighted by atomic mass is 10.1. The molecule has 0 saturated heterocycles. The lowest BCUT2D eigenvalue weighted by Crippen LogP contribution is -2.23. The van der Waals surface area contributed by atoms with Gasteiger partial charge in [0.2, 0.25) is 5.91 Å². The van der Waals surface area contributed by atoms with Gasteiger partial charge >= 0.3 is 6.18 Å². The van der Waals surface area contributed by atoms with Crippen LogP contribution in [-0.4, -0.2) is 38.3 Å². The average molecular weight is 407 g/mol. The first-order chi connectivity index (χ1) is 13.7. The summed E-state index contributed by atoms with van der Waals surface area (Å²) in [7, 11) is 0. The normalized spacial score (nSPS) is 11.6. The molecule has 1 aromatic carbocycles. The van der Waals surface area contributed by atoms with Crippen molar-refractivity contribution >= 4 is 11.7 Å². The molecule has 10 heteroatoms. The van der Waals surface area contributed by atoms with Crippen LogP contribution >= 0.6 is 0 Å². The Balaban J connectivity index is 1.50. The molecular weight excluding hydrogens is 387 g/mol. The van der Waals surface area contributed by atoms with Crippen LogP contribution in [0.5, 0.6) is 5.75 Å². The summed E-state index contributed by atoms with van der Waals surface area (Å²) in [5.74, 6) is 0.509. The van der Waals surface area contributed by atoms with Crippen molar-refractivity contribution < 1.29 is 22.7 Å².